The van der Waals surface area contributed by atoms with Crippen LogP contribution in [0.5, 0.6) is 0 Å². The normalized spacial score (nSPS) is 10.9. The topological polar surface area (TPSA) is 28.1 Å². The number of hydrogen-bond acceptors (Lipinski definition) is 1. The van der Waals surface area contributed by atoms with Crippen molar-refractivity contribution >= 4 is 13.8 Å². The third kappa shape index (κ3) is 4.33. The second-order valence-corrected chi connectivity index (χ2v) is 11.9. The fourth-order valence-corrected chi connectivity index (χ4v) is 8.45. The third-order valence-corrected chi connectivity index (χ3v) is 10.6. The summed E-state index contributed by atoms with van der Waals surface area (Å²) < 4.78 is 0. The van der Waals surface area contributed by atoms with Crippen molar-refractivity contribution in [2.75, 3.05) is 0 Å². The summed E-state index contributed by atoms with van der Waals surface area (Å²) in [6.45, 7) is 13.9. The van der Waals surface area contributed by atoms with Crippen LogP contribution in [0.25, 0.3) is 4.98 Å². The lowest BCUT2D eigenvalue weighted by Gasteiger charge is -2.38. The summed E-state index contributed by atoms with van der Waals surface area (Å²) in [5.41, 5.74) is 7.16. The minimum absolute atomic E-state index is 0. The van der Waals surface area contributed by atoms with Crippen LogP contribution >= 0.6 is 0 Å². The summed E-state index contributed by atoms with van der Waals surface area (Å²) in [6.07, 6.45) is 0. The Balaban J connectivity index is 0.00000400. The minimum atomic E-state index is -1.67. The summed E-state index contributed by atoms with van der Waals surface area (Å²) in [6, 6.07) is 7.41. The smallest absolute Gasteiger partial charge is 0.385 e. The minimum Gasteiger partial charge on any atom is -1.00 e. The molecule has 2 nitrogen and oxygen atoms in total. The molecule has 0 aliphatic rings. The average molecular weight is 321 g/mol. The van der Waals surface area contributed by atoms with Crippen molar-refractivity contribution < 1.29 is 12.4 Å². The molecule has 0 saturated heterocycles. The van der Waals surface area contributed by atoms with Crippen LogP contribution < -0.4 is 12.4 Å². The van der Waals surface area contributed by atoms with Gasteiger partial charge >= 0.3 is 5.69 Å². The van der Waals surface area contributed by atoms with Crippen LogP contribution in [-0.2, 0) is 0 Å². The van der Waals surface area contributed by atoms with E-state index in [2.05, 4.69) is 58.0 Å². The predicted octanol–water partition coefficient (Wildman–Crippen LogP) is 2.74. The molecule has 114 valence electrons. The zero-order valence-corrected chi connectivity index (χ0v) is 15.6. The predicted molar refractivity (Wildman–Crippen MR) is 89.1 cm³/mol. The first-order valence-corrected chi connectivity index (χ1v) is 9.56. The Morgan fingerprint density at radius 3 is 1.67 bits per heavy atom. The molecule has 0 fully saturated rings. The maximum atomic E-state index is 8.70. The highest BCUT2D eigenvalue weighted by Gasteiger charge is 2.41. The molecule has 0 aliphatic carbocycles. The van der Waals surface area contributed by atoms with E-state index in [0.717, 1.165) is 5.56 Å². The fraction of sp³-hybridized carbons (Fsp3) is 0.529. The highest BCUT2D eigenvalue weighted by Crippen LogP contribution is 2.40. The van der Waals surface area contributed by atoms with E-state index >= 15 is 0 Å². The van der Waals surface area contributed by atoms with Crippen molar-refractivity contribution in [1.82, 2.24) is 0 Å². The standard InChI is InChI=1S/C17H25N2Si.ClH/c1-13(2)20(14(3)4,15(5)6)12-11-16-7-9-17(19-18)10-8-16;/h7-10,13-15H,1-6H3;1H/q+1;/p-1. The van der Waals surface area contributed by atoms with E-state index in [9.17, 15) is 0 Å². The van der Waals surface area contributed by atoms with Crippen molar-refractivity contribution in [2.24, 2.45) is 0 Å². The van der Waals surface area contributed by atoms with Gasteiger partial charge in [0.25, 0.3) is 0 Å². The Kier molecular flexibility index (Phi) is 7.72. The van der Waals surface area contributed by atoms with Gasteiger partial charge in [0.1, 0.15) is 8.07 Å². The van der Waals surface area contributed by atoms with Crippen LogP contribution in [0.15, 0.2) is 24.3 Å². The summed E-state index contributed by atoms with van der Waals surface area (Å²) in [5, 5.41) is 8.70. The van der Waals surface area contributed by atoms with Crippen LogP contribution in [0.3, 0.4) is 0 Å². The van der Waals surface area contributed by atoms with Gasteiger partial charge in [0.05, 0.1) is 0 Å². The fourth-order valence-electron chi connectivity index (χ4n) is 3.22. The molecule has 0 bridgehead atoms. The molecule has 1 aromatic carbocycles. The van der Waals surface area contributed by atoms with E-state index in [0.29, 0.717) is 22.3 Å². The number of diazo groups is 1. The van der Waals surface area contributed by atoms with Crippen molar-refractivity contribution in [1.29, 1.82) is 5.39 Å². The molecule has 1 aromatic rings. The lowest BCUT2D eigenvalue weighted by atomic mass is 10.2. The van der Waals surface area contributed by atoms with Gasteiger partial charge in [-0.15, -0.1) is 5.54 Å². The van der Waals surface area contributed by atoms with Gasteiger partial charge in [0.15, 0.2) is 4.98 Å². The van der Waals surface area contributed by atoms with Gasteiger partial charge in [0, 0.05) is 17.7 Å². The van der Waals surface area contributed by atoms with Gasteiger partial charge in [-0.25, -0.2) is 0 Å². The lowest BCUT2D eigenvalue weighted by Crippen LogP contribution is -3.00. The van der Waals surface area contributed by atoms with Crippen LogP contribution in [0.1, 0.15) is 47.1 Å². The molecule has 0 amide bonds. The number of hydrogen-bond donors (Lipinski definition) is 0. The van der Waals surface area contributed by atoms with E-state index in [1.54, 1.807) is 12.1 Å². The highest BCUT2D eigenvalue weighted by atomic mass is 35.5. The maximum absolute atomic E-state index is 8.70. The molecule has 0 aromatic heterocycles. The molecule has 0 saturated carbocycles. The van der Waals surface area contributed by atoms with Crippen molar-refractivity contribution in [3.8, 4) is 11.5 Å². The number of nitrogens with zero attached hydrogens (tertiary/aromatic N) is 2. The summed E-state index contributed by atoms with van der Waals surface area (Å²) in [4.78, 5) is 3.17. The highest BCUT2D eigenvalue weighted by molar-refractivity contribution is 6.90. The molecular formula is C17H25ClN2Si. The SMILES string of the molecule is CC(C)[Si](C#Cc1ccc([N+]#N)cc1)(C(C)C)C(C)C.[Cl-]. The number of rotatable bonds is 3. The molecule has 21 heavy (non-hydrogen) atoms. The van der Waals surface area contributed by atoms with Gasteiger partial charge in [-0.2, -0.15) is 0 Å². The molecule has 0 unspecified atom stereocenters. The Labute approximate surface area is 136 Å². The van der Waals surface area contributed by atoms with Crippen LogP contribution in [0.2, 0.25) is 16.6 Å². The zero-order valence-electron chi connectivity index (χ0n) is 13.8. The first kappa shape index (κ1) is 19.7. The van der Waals surface area contributed by atoms with Gasteiger partial charge < -0.3 is 12.4 Å². The first-order chi connectivity index (χ1) is 9.34. The molecule has 0 heterocycles. The summed E-state index contributed by atoms with van der Waals surface area (Å²) in [7, 11) is -1.67. The summed E-state index contributed by atoms with van der Waals surface area (Å²) in [5.74, 6) is 3.37. The quantitative estimate of drug-likeness (QED) is 0.478. The van der Waals surface area contributed by atoms with Gasteiger partial charge in [-0.05, 0) is 28.8 Å². The van der Waals surface area contributed by atoms with E-state index < -0.39 is 8.07 Å². The lowest BCUT2D eigenvalue weighted by molar-refractivity contribution is -0.00000472. The second-order valence-electron chi connectivity index (χ2n) is 6.29. The second kappa shape index (κ2) is 8.22. The number of halogens is 1. The molecule has 0 aliphatic heterocycles. The molecular weight excluding hydrogens is 296 g/mol. The Bertz CT molecular complexity index is 523. The van der Waals surface area contributed by atoms with E-state index in [1.165, 1.54) is 0 Å². The molecule has 0 atom stereocenters. The van der Waals surface area contributed by atoms with Gasteiger partial charge in [-0.1, -0.05) is 47.5 Å². The zero-order chi connectivity index (χ0) is 15.3. The number of benzene rings is 1. The molecule has 0 radical (unpaired) electrons. The van der Waals surface area contributed by atoms with Crippen molar-refractivity contribution in [3.05, 3.63) is 34.8 Å². The molecule has 4 heteroatoms. The Hall–Kier alpha value is -1.29. The average Bonchev–Trinajstić information content (AvgIpc) is 2.38. The van der Waals surface area contributed by atoms with Crippen molar-refractivity contribution in [3.63, 3.8) is 0 Å². The molecule has 0 spiro atoms. The Morgan fingerprint density at radius 1 is 0.905 bits per heavy atom. The molecule has 0 N–H and O–H groups in total. The van der Waals surface area contributed by atoms with E-state index in [1.807, 2.05) is 12.1 Å². The van der Waals surface area contributed by atoms with Crippen molar-refractivity contribution in [2.45, 2.75) is 58.2 Å². The summed E-state index contributed by atoms with van der Waals surface area (Å²) >= 11 is 0. The first-order valence-electron chi connectivity index (χ1n) is 7.33. The largest absolute Gasteiger partial charge is 1.00 e. The third-order valence-electron chi connectivity index (χ3n) is 4.27. The van der Waals surface area contributed by atoms with Crippen LogP contribution in [0.4, 0.5) is 5.69 Å². The van der Waals surface area contributed by atoms with Crippen LogP contribution in [0, 0.1) is 16.9 Å². The van der Waals surface area contributed by atoms with E-state index in [-0.39, 0.29) is 12.4 Å². The van der Waals surface area contributed by atoms with Crippen LogP contribution in [-0.4, -0.2) is 8.07 Å². The van der Waals surface area contributed by atoms with Gasteiger partial charge in [-0.3, -0.25) is 0 Å². The van der Waals surface area contributed by atoms with E-state index in [4.69, 9.17) is 5.39 Å². The molecule has 1 rings (SSSR count). The Morgan fingerprint density at radius 2 is 1.33 bits per heavy atom. The maximum Gasteiger partial charge on any atom is 0.385 e. The van der Waals surface area contributed by atoms with Gasteiger partial charge in [0.2, 0.25) is 5.39 Å². The monoisotopic (exact) mass is 320 g/mol.